The molecule has 0 N–H and O–H groups in total. The largest absolute Gasteiger partial charge is 0.466 e. The van der Waals surface area contributed by atoms with Crippen molar-refractivity contribution in [3.05, 3.63) is 33.4 Å². The number of rotatable bonds is 0. The summed E-state index contributed by atoms with van der Waals surface area (Å²) in [6.45, 7) is 1.82. The van der Waals surface area contributed by atoms with Gasteiger partial charge in [-0.15, -0.1) is 0 Å². The van der Waals surface area contributed by atoms with Crippen LogP contribution < -0.4 is 5.43 Å². The van der Waals surface area contributed by atoms with E-state index < -0.39 is 0 Å². The molecule has 0 bridgehead atoms. The van der Waals surface area contributed by atoms with E-state index in [1.807, 2.05) is 6.92 Å². The van der Waals surface area contributed by atoms with Gasteiger partial charge in [0.05, 0.1) is 0 Å². The first-order chi connectivity index (χ1) is 5.27. The maximum Gasteiger partial charge on any atom is 0.188 e. The van der Waals surface area contributed by atoms with Crippen molar-refractivity contribution >= 4 is 0 Å². The maximum atomic E-state index is 11.3. The van der Waals surface area contributed by atoms with Crippen LogP contribution in [0, 0.1) is 6.92 Å². The van der Waals surface area contributed by atoms with Gasteiger partial charge in [-0.3, -0.25) is 4.79 Å². The van der Waals surface area contributed by atoms with E-state index in [1.165, 1.54) is 0 Å². The lowest BCUT2D eigenvalue weighted by Crippen LogP contribution is -2.06. The van der Waals surface area contributed by atoms with Gasteiger partial charge in [-0.05, 0) is 19.8 Å². The van der Waals surface area contributed by atoms with Crippen LogP contribution in [-0.2, 0) is 12.8 Å². The predicted molar refractivity (Wildman–Crippen MR) is 41.7 cm³/mol. The van der Waals surface area contributed by atoms with E-state index in [1.54, 1.807) is 6.07 Å². The van der Waals surface area contributed by atoms with E-state index in [9.17, 15) is 4.79 Å². The Morgan fingerprint density at radius 3 is 3.09 bits per heavy atom. The van der Waals surface area contributed by atoms with Crippen LogP contribution in [0.3, 0.4) is 0 Å². The molecule has 0 amide bonds. The summed E-state index contributed by atoms with van der Waals surface area (Å²) in [6.07, 6.45) is 2.90. The number of hydrogen-bond acceptors (Lipinski definition) is 2. The Bertz CT molecular complexity index is 336. The fourth-order valence-electron chi connectivity index (χ4n) is 1.58. The minimum absolute atomic E-state index is 0.154. The zero-order valence-electron chi connectivity index (χ0n) is 6.52. The highest BCUT2D eigenvalue weighted by atomic mass is 16.3. The molecule has 0 atom stereocenters. The Kier molecular flexibility index (Phi) is 1.34. The zero-order valence-corrected chi connectivity index (χ0v) is 6.52. The molecule has 0 fully saturated rings. The highest BCUT2D eigenvalue weighted by Gasteiger charge is 2.16. The third-order valence-corrected chi connectivity index (χ3v) is 2.08. The zero-order chi connectivity index (χ0) is 7.84. The molecule has 1 aromatic heterocycles. The average molecular weight is 150 g/mol. The lowest BCUT2D eigenvalue weighted by Gasteiger charge is -1.97. The SMILES string of the molecule is Cc1cc(=O)c2c(o1)CCC2. The number of fused-ring (bicyclic) bond motifs is 1. The Balaban J connectivity index is 2.70. The first kappa shape index (κ1) is 6.65. The molecule has 58 valence electrons. The van der Waals surface area contributed by atoms with E-state index >= 15 is 0 Å². The van der Waals surface area contributed by atoms with Gasteiger partial charge in [0.25, 0.3) is 0 Å². The Labute approximate surface area is 64.9 Å². The van der Waals surface area contributed by atoms with Crippen LogP contribution in [0.1, 0.15) is 23.5 Å². The van der Waals surface area contributed by atoms with Crippen LogP contribution in [0.5, 0.6) is 0 Å². The molecule has 0 radical (unpaired) electrons. The summed E-state index contributed by atoms with van der Waals surface area (Å²) in [5.74, 6) is 1.64. The van der Waals surface area contributed by atoms with Crippen LogP contribution >= 0.6 is 0 Å². The molecule has 1 aliphatic rings. The van der Waals surface area contributed by atoms with Crippen molar-refractivity contribution in [1.29, 1.82) is 0 Å². The van der Waals surface area contributed by atoms with Gasteiger partial charge < -0.3 is 4.42 Å². The van der Waals surface area contributed by atoms with Crippen molar-refractivity contribution in [2.24, 2.45) is 0 Å². The standard InChI is InChI=1S/C9H10O2/c1-6-5-8(10)7-3-2-4-9(7)11-6/h5H,2-4H2,1H3. The van der Waals surface area contributed by atoms with Crippen LogP contribution in [-0.4, -0.2) is 0 Å². The molecule has 11 heavy (non-hydrogen) atoms. The van der Waals surface area contributed by atoms with Crippen molar-refractivity contribution in [3.63, 3.8) is 0 Å². The molecule has 0 unspecified atom stereocenters. The fourth-order valence-corrected chi connectivity index (χ4v) is 1.58. The van der Waals surface area contributed by atoms with Crippen LogP contribution in [0.25, 0.3) is 0 Å². The summed E-state index contributed by atoms with van der Waals surface area (Å²) in [5.41, 5.74) is 1.05. The van der Waals surface area contributed by atoms with Gasteiger partial charge in [-0.25, -0.2) is 0 Å². The molecular weight excluding hydrogens is 140 g/mol. The maximum absolute atomic E-state index is 11.3. The van der Waals surface area contributed by atoms with Crippen molar-refractivity contribution < 1.29 is 4.42 Å². The quantitative estimate of drug-likeness (QED) is 0.560. The highest BCUT2D eigenvalue weighted by molar-refractivity contribution is 5.23. The minimum Gasteiger partial charge on any atom is -0.466 e. The van der Waals surface area contributed by atoms with E-state index in [0.29, 0.717) is 0 Å². The second-order valence-electron chi connectivity index (χ2n) is 2.98. The predicted octanol–water partition coefficient (Wildman–Crippen LogP) is 1.44. The van der Waals surface area contributed by atoms with Gasteiger partial charge in [-0.1, -0.05) is 0 Å². The minimum atomic E-state index is 0.154. The fraction of sp³-hybridized carbons (Fsp3) is 0.444. The Morgan fingerprint density at radius 1 is 1.45 bits per heavy atom. The first-order valence-electron chi connectivity index (χ1n) is 3.90. The summed E-state index contributed by atoms with van der Waals surface area (Å²) in [5, 5.41) is 0. The monoisotopic (exact) mass is 150 g/mol. The molecule has 0 aromatic carbocycles. The second kappa shape index (κ2) is 2.22. The lowest BCUT2D eigenvalue weighted by molar-refractivity contribution is 0.470. The first-order valence-corrected chi connectivity index (χ1v) is 3.90. The van der Waals surface area contributed by atoms with Crippen molar-refractivity contribution in [2.45, 2.75) is 26.2 Å². The molecule has 1 heterocycles. The summed E-state index contributed by atoms with van der Waals surface area (Å²) in [6, 6.07) is 1.57. The van der Waals surface area contributed by atoms with Crippen molar-refractivity contribution in [3.8, 4) is 0 Å². The normalized spacial score (nSPS) is 15.0. The molecule has 0 saturated carbocycles. The summed E-state index contributed by atoms with van der Waals surface area (Å²) in [7, 11) is 0. The molecule has 0 spiro atoms. The smallest absolute Gasteiger partial charge is 0.188 e. The van der Waals surface area contributed by atoms with Gasteiger partial charge in [0.15, 0.2) is 5.43 Å². The number of aryl methyl sites for hydroxylation is 2. The Morgan fingerprint density at radius 2 is 2.27 bits per heavy atom. The second-order valence-corrected chi connectivity index (χ2v) is 2.98. The van der Waals surface area contributed by atoms with Crippen LogP contribution in [0.4, 0.5) is 0 Å². The van der Waals surface area contributed by atoms with Crippen molar-refractivity contribution in [2.75, 3.05) is 0 Å². The summed E-state index contributed by atoms with van der Waals surface area (Å²) in [4.78, 5) is 11.3. The lowest BCUT2D eigenvalue weighted by atomic mass is 10.2. The molecule has 1 aliphatic carbocycles. The van der Waals surface area contributed by atoms with Gasteiger partial charge >= 0.3 is 0 Å². The topological polar surface area (TPSA) is 30.2 Å². The number of hydrogen-bond donors (Lipinski definition) is 0. The van der Waals surface area contributed by atoms with Crippen molar-refractivity contribution in [1.82, 2.24) is 0 Å². The molecule has 0 saturated heterocycles. The highest BCUT2D eigenvalue weighted by Crippen LogP contribution is 2.18. The Hall–Kier alpha value is -1.05. The van der Waals surface area contributed by atoms with Crippen LogP contribution in [0.2, 0.25) is 0 Å². The molecule has 2 rings (SSSR count). The van der Waals surface area contributed by atoms with Gasteiger partial charge in [0.1, 0.15) is 11.5 Å². The van der Waals surface area contributed by atoms with E-state index in [2.05, 4.69) is 0 Å². The van der Waals surface area contributed by atoms with E-state index in [4.69, 9.17) is 4.42 Å². The summed E-state index contributed by atoms with van der Waals surface area (Å²) >= 11 is 0. The molecule has 1 aromatic rings. The summed E-state index contributed by atoms with van der Waals surface area (Å²) < 4.78 is 5.40. The third-order valence-electron chi connectivity index (χ3n) is 2.08. The van der Waals surface area contributed by atoms with E-state index in [0.717, 1.165) is 36.3 Å². The molecule has 2 nitrogen and oxygen atoms in total. The van der Waals surface area contributed by atoms with Crippen LogP contribution in [0.15, 0.2) is 15.3 Å². The molecular formula is C9H10O2. The van der Waals surface area contributed by atoms with Gasteiger partial charge in [0, 0.05) is 18.1 Å². The van der Waals surface area contributed by atoms with Gasteiger partial charge in [0.2, 0.25) is 0 Å². The third kappa shape index (κ3) is 0.985. The van der Waals surface area contributed by atoms with Gasteiger partial charge in [-0.2, -0.15) is 0 Å². The molecule has 2 heteroatoms. The van der Waals surface area contributed by atoms with E-state index in [-0.39, 0.29) is 5.43 Å². The average Bonchev–Trinajstić information content (AvgIpc) is 2.34. The molecule has 0 aliphatic heterocycles.